The van der Waals surface area contributed by atoms with E-state index >= 15 is 0 Å². The molecule has 3 N–H and O–H groups in total. The Morgan fingerprint density at radius 3 is 2.00 bits per heavy atom. The van der Waals surface area contributed by atoms with Gasteiger partial charge in [-0.05, 0) is 31.3 Å². The SMILES string of the molecule is CCN(CC)C(CNC(=O)[C@@H](N)C(C)C)CC(C)C.Cl. The summed E-state index contributed by atoms with van der Waals surface area (Å²) in [6.07, 6.45) is 1.10. The van der Waals surface area contributed by atoms with Gasteiger partial charge in [0.05, 0.1) is 6.04 Å². The molecule has 1 amide bonds. The Morgan fingerprint density at radius 1 is 1.15 bits per heavy atom. The average molecular weight is 308 g/mol. The van der Waals surface area contributed by atoms with Gasteiger partial charge in [0.25, 0.3) is 0 Å². The minimum atomic E-state index is -0.406. The molecular weight excluding hydrogens is 274 g/mol. The maximum absolute atomic E-state index is 11.9. The normalized spacial score (nSPS) is 14.3. The van der Waals surface area contributed by atoms with Gasteiger partial charge >= 0.3 is 0 Å². The van der Waals surface area contributed by atoms with Gasteiger partial charge in [-0.2, -0.15) is 0 Å². The van der Waals surface area contributed by atoms with Crippen molar-refractivity contribution in [1.82, 2.24) is 10.2 Å². The van der Waals surface area contributed by atoms with Crippen LogP contribution in [0, 0.1) is 11.8 Å². The van der Waals surface area contributed by atoms with Crippen LogP contribution in [-0.4, -0.2) is 42.5 Å². The molecular formula is C15H34ClN3O. The molecule has 0 fully saturated rings. The van der Waals surface area contributed by atoms with Gasteiger partial charge in [-0.15, -0.1) is 12.4 Å². The number of amides is 1. The van der Waals surface area contributed by atoms with Crippen LogP contribution in [0.4, 0.5) is 0 Å². The number of carbonyl (C=O) groups excluding carboxylic acids is 1. The fourth-order valence-electron chi connectivity index (χ4n) is 2.28. The van der Waals surface area contributed by atoms with E-state index in [4.69, 9.17) is 5.73 Å². The van der Waals surface area contributed by atoms with Gasteiger partial charge in [-0.1, -0.05) is 41.5 Å². The van der Waals surface area contributed by atoms with Crippen LogP contribution in [0.2, 0.25) is 0 Å². The number of likely N-dealkylation sites (N-methyl/N-ethyl adjacent to an activating group) is 1. The Morgan fingerprint density at radius 2 is 1.65 bits per heavy atom. The van der Waals surface area contributed by atoms with Crippen molar-refractivity contribution in [2.75, 3.05) is 19.6 Å². The Labute approximate surface area is 131 Å². The van der Waals surface area contributed by atoms with Gasteiger partial charge in [-0.25, -0.2) is 0 Å². The van der Waals surface area contributed by atoms with Crippen LogP contribution in [0.25, 0.3) is 0 Å². The third kappa shape index (κ3) is 8.08. The van der Waals surface area contributed by atoms with Crippen molar-refractivity contribution in [1.29, 1.82) is 0 Å². The lowest BCUT2D eigenvalue weighted by atomic mass is 10.0. The monoisotopic (exact) mass is 307 g/mol. The van der Waals surface area contributed by atoms with Crippen LogP contribution in [0.3, 0.4) is 0 Å². The van der Waals surface area contributed by atoms with E-state index in [0.29, 0.717) is 18.5 Å². The lowest BCUT2D eigenvalue weighted by Crippen LogP contribution is -2.49. The molecule has 0 saturated carbocycles. The van der Waals surface area contributed by atoms with Crippen LogP contribution < -0.4 is 11.1 Å². The molecule has 5 heteroatoms. The van der Waals surface area contributed by atoms with Crippen LogP contribution in [-0.2, 0) is 4.79 Å². The van der Waals surface area contributed by atoms with Gasteiger partial charge in [-0.3, -0.25) is 9.69 Å². The average Bonchev–Trinajstić information content (AvgIpc) is 2.34. The number of nitrogens with zero attached hydrogens (tertiary/aromatic N) is 1. The number of rotatable bonds is 9. The van der Waals surface area contributed by atoms with Crippen LogP contribution in [0.15, 0.2) is 0 Å². The van der Waals surface area contributed by atoms with Crippen molar-refractivity contribution >= 4 is 18.3 Å². The van der Waals surface area contributed by atoms with Crippen LogP contribution in [0.1, 0.15) is 48.0 Å². The van der Waals surface area contributed by atoms with Crippen LogP contribution >= 0.6 is 12.4 Å². The van der Waals surface area contributed by atoms with Gasteiger partial charge in [0.1, 0.15) is 0 Å². The third-order valence-corrected chi connectivity index (χ3v) is 3.61. The van der Waals surface area contributed by atoms with Crippen molar-refractivity contribution in [2.24, 2.45) is 17.6 Å². The quantitative estimate of drug-likeness (QED) is 0.687. The molecule has 0 aliphatic rings. The van der Waals surface area contributed by atoms with E-state index in [-0.39, 0.29) is 24.2 Å². The molecule has 0 aliphatic heterocycles. The summed E-state index contributed by atoms with van der Waals surface area (Å²) in [6.45, 7) is 15.4. The molecule has 4 nitrogen and oxygen atoms in total. The predicted octanol–water partition coefficient (Wildman–Crippen LogP) is 2.26. The first-order valence-electron chi connectivity index (χ1n) is 7.60. The van der Waals surface area contributed by atoms with Gasteiger partial charge in [0.2, 0.25) is 5.91 Å². The number of nitrogens with one attached hydrogen (secondary N) is 1. The van der Waals surface area contributed by atoms with Crippen molar-refractivity contribution < 1.29 is 4.79 Å². The molecule has 0 aromatic heterocycles. The highest BCUT2D eigenvalue weighted by atomic mass is 35.5. The largest absolute Gasteiger partial charge is 0.353 e. The predicted molar refractivity (Wildman–Crippen MR) is 89.2 cm³/mol. The highest BCUT2D eigenvalue weighted by Gasteiger charge is 2.21. The summed E-state index contributed by atoms with van der Waals surface area (Å²) in [5, 5.41) is 3.01. The summed E-state index contributed by atoms with van der Waals surface area (Å²) >= 11 is 0. The second-order valence-corrected chi connectivity index (χ2v) is 6.02. The Kier molecular flexibility index (Phi) is 12.5. The standard InChI is InChI=1S/C15H33N3O.ClH/c1-7-18(8-2)13(9-11(3)4)10-17-15(19)14(16)12(5)6;/h11-14H,7-10,16H2,1-6H3,(H,17,19);1H/t13?,14-;/m0./s1. The van der Waals surface area contributed by atoms with E-state index in [1.54, 1.807) is 0 Å². The number of halogens is 1. The minimum absolute atomic E-state index is 0. The van der Waals surface area contributed by atoms with E-state index in [0.717, 1.165) is 19.5 Å². The van der Waals surface area contributed by atoms with E-state index in [1.165, 1.54) is 0 Å². The molecule has 1 unspecified atom stereocenters. The fourth-order valence-corrected chi connectivity index (χ4v) is 2.28. The maximum atomic E-state index is 11.9. The van der Waals surface area contributed by atoms with Gasteiger partial charge in [0.15, 0.2) is 0 Å². The summed E-state index contributed by atoms with van der Waals surface area (Å²) < 4.78 is 0. The topological polar surface area (TPSA) is 58.4 Å². The third-order valence-electron chi connectivity index (χ3n) is 3.61. The lowest BCUT2D eigenvalue weighted by molar-refractivity contribution is -0.123. The molecule has 0 aromatic carbocycles. The fraction of sp³-hybridized carbons (Fsp3) is 0.933. The van der Waals surface area contributed by atoms with Crippen LogP contribution in [0.5, 0.6) is 0 Å². The Bertz CT molecular complexity index is 256. The first kappa shape index (κ1) is 22.0. The van der Waals surface area contributed by atoms with Crippen molar-refractivity contribution in [3.8, 4) is 0 Å². The summed E-state index contributed by atoms with van der Waals surface area (Å²) in [4.78, 5) is 14.3. The molecule has 0 saturated heterocycles. The zero-order valence-corrected chi connectivity index (χ0v) is 14.8. The molecule has 2 atom stereocenters. The summed E-state index contributed by atoms with van der Waals surface area (Å²) in [6, 6.07) is -0.00489. The molecule has 0 rings (SSSR count). The van der Waals surface area contributed by atoms with Gasteiger partial charge in [0, 0.05) is 12.6 Å². The van der Waals surface area contributed by atoms with Crippen molar-refractivity contribution in [2.45, 2.75) is 60.0 Å². The number of nitrogens with two attached hydrogens (primary N) is 1. The molecule has 0 aliphatic carbocycles. The Balaban J connectivity index is 0. The first-order chi connectivity index (χ1) is 8.83. The Hall–Kier alpha value is -0.320. The van der Waals surface area contributed by atoms with Crippen molar-refractivity contribution in [3.05, 3.63) is 0 Å². The first-order valence-corrected chi connectivity index (χ1v) is 7.60. The zero-order valence-electron chi connectivity index (χ0n) is 14.0. The molecule has 20 heavy (non-hydrogen) atoms. The van der Waals surface area contributed by atoms with Gasteiger partial charge < -0.3 is 11.1 Å². The molecule has 122 valence electrons. The van der Waals surface area contributed by atoms with E-state index in [2.05, 4.69) is 37.9 Å². The highest BCUT2D eigenvalue weighted by molar-refractivity contribution is 5.85. The summed E-state index contributed by atoms with van der Waals surface area (Å²) in [7, 11) is 0. The highest BCUT2D eigenvalue weighted by Crippen LogP contribution is 2.11. The summed E-state index contributed by atoms with van der Waals surface area (Å²) in [5.41, 5.74) is 5.86. The van der Waals surface area contributed by atoms with E-state index in [1.807, 2.05) is 13.8 Å². The molecule has 0 aromatic rings. The smallest absolute Gasteiger partial charge is 0.237 e. The maximum Gasteiger partial charge on any atom is 0.237 e. The van der Waals surface area contributed by atoms with Crippen molar-refractivity contribution in [3.63, 3.8) is 0 Å². The minimum Gasteiger partial charge on any atom is -0.353 e. The zero-order chi connectivity index (χ0) is 15.0. The molecule has 0 spiro atoms. The molecule has 0 radical (unpaired) electrons. The number of carbonyl (C=O) groups is 1. The molecule has 0 bridgehead atoms. The lowest BCUT2D eigenvalue weighted by Gasteiger charge is -2.31. The molecule has 0 heterocycles. The second kappa shape index (κ2) is 11.4. The summed E-state index contributed by atoms with van der Waals surface area (Å²) in [5.74, 6) is 0.772. The van der Waals surface area contributed by atoms with E-state index < -0.39 is 6.04 Å². The number of hydrogen-bond donors (Lipinski definition) is 2. The van der Waals surface area contributed by atoms with E-state index in [9.17, 15) is 4.79 Å². The second-order valence-electron chi connectivity index (χ2n) is 6.02. The number of hydrogen-bond acceptors (Lipinski definition) is 3.